The molecule has 0 saturated heterocycles. The third-order valence-electron chi connectivity index (χ3n) is 2.27. The topological polar surface area (TPSA) is 29.0 Å². The first kappa shape index (κ1) is 11.9. The lowest BCUT2D eigenvalue weighted by atomic mass is 10.1. The van der Waals surface area contributed by atoms with Crippen LogP contribution in [-0.2, 0) is 0 Å². The maximum absolute atomic E-state index is 4.23. The highest BCUT2D eigenvalue weighted by Crippen LogP contribution is 2.17. The van der Waals surface area contributed by atoms with Gasteiger partial charge in [-0.2, -0.15) is 0 Å². The molecule has 0 aromatic carbocycles. The van der Waals surface area contributed by atoms with Gasteiger partial charge in [-0.15, -0.1) is 0 Å². The summed E-state index contributed by atoms with van der Waals surface area (Å²) in [6.45, 7) is 6.11. The van der Waals surface area contributed by atoms with E-state index in [0.29, 0.717) is 0 Å². The molecule has 2 rings (SSSR count). The zero-order chi connectivity index (χ0) is 11.1. The third-order valence-corrected chi connectivity index (χ3v) is 2.27. The Balaban J connectivity index is 0.000000531. The highest BCUT2D eigenvalue weighted by molar-refractivity contribution is 5.60. The Morgan fingerprint density at radius 1 is 1.20 bits per heavy atom. The Morgan fingerprint density at radius 3 is 2.40 bits per heavy atom. The second-order valence-corrected chi connectivity index (χ2v) is 3.31. The van der Waals surface area contributed by atoms with Crippen LogP contribution in [0.5, 0.6) is 0 Å². The van der Waals surface area contributed by atoms with E-state index in [2.05, 4.69) is 28.0 Å². The third kappa shape index (κ3) is 3.44. The number of aromatic nitrogens is 2. The van der Waals surface area contributed by atoms with Crippen molar-refractivity contribution in [3.8, 4) is 0 Å². The minimum Gasteiger partial charge on any atom is -0.302 e. The Labute approximate surface area is 91.9 Å². The summed E-state index contributed by atoms with van der Waals surface area (Å²) in [7, 11) is 2.12. The van der Waals surface area contributed by atoms with Crippen molar-refractivity contribution < 1.29 is 0 Å². The Bertz CT molecular complexity index is 306. The van der Waals surface area contributed by atoms with Gasteiger partial charge in [0.25, 0.3) is 0 Å². The fraction of sp³-hybridized carbons (Fsp3) is 0.500. The van der Waals surface area contributed by atoms with Crippen molar-refractivity contribution in [3.05, 3.63) is 30.4 Å². The maximum atomic E-state index is 4.23. The van der Waals surface area contributed by atoms with E-state index in [1.54, 1.807) is 12.4 Å². The summed E-state index contributed by atoms with van der Waals surface area (Å²) < 4.78 is 0. The fourth-order valence-electron chi connectivity index (χ4n) is 1.44. The van der Waals surface area contributed by atoms with Crippen LogP contribution in [0.15, 0.2) is 24.5 Å². The first-order valence-corrected chi connectivity index (χ1v) is 5.51. The summed E-state index contributed by atoms with van der Waals surface area (Å²) in [6, 6.07) is 1.85. The SMILES string of the molecule is CC.CN1CC=C(c2ncccn2)CC1. The Morgan fingerprint density at radius 2 is 1.87 bits per heavy atom. The average molecular weight is 205 g/mol. The van der Waals surface area contributed by atoms with Gasteiger partial charge < -0.3 is 4.90 Å². The molecule has 1 aliphatic heterocycles. The first-order valence-electron chi connectivity index (χ1n) is 5.51. The van der Waals surface area contributed by atoms with E-state index >= 15 is 0 Å². The number of hydrogen-bond acceptors (Lipinski definition) is 3. The summed E-state index contributed by atoms with van der Waals surface area (Å²) in [5.74, 6) is 0.885. The van der Waals surface area contributed by atoms with Crippen LogP contribution >= 0.6 is 0 Å². The highest BCUT2D eigenvalue weighted by atomic mass is 15.1. The molecule has 0 atom stereocenters. The van der Waals surface area contributed by atoms with Crippen LogP contribution in [-0.4, -0.2) is 35.0 Å². The van der Waals surface area contributed by atoms with Gasteiger partial charge in [0, 0.05) is 25.5 Å². The molecule has 0 saturated carbocycles. The molecule has 2 heterocycles. The largest absolute Gasteiger partial charge is 0.302 e. The first-order chi connectivity index (χ1) is 7.36. The van der Waals surface area contributed by atoms with Crippen molar-refractivity contribution in [1.82, 2.24) is 14.9 Å². The van der Waals surface area contributed by atoms with Crippen molar-refractivity contribution >= 4 is 5.57 Å². The van der Waals surface area contributed by atoms with Crippen molar-refractivity contribution in [2.75, 3.05) is 20.1 Å². The zero-order valence-corrected chi connectivity index (χ0v) is 9.77. The molecule has 0 fully saturated rings. The molecule has 3 nitrogen and oxygen atoms in total. The number of likely N-dealkylation sites (N-methyl/N-ethyl adjacent to an activating group) is 1. The predicted octanol–water partition coefficient (Wildman–Crippen LogP) is 2.22. The monoisotopic (exact) mass is 205 g/mol. The molecule has 1 aromatic heterocycles. The van der Waals surface area contributed by atoms with Gasteiger partial charge in [0.1, 0.15) is 0 Å². The minimum absolute atomic E-state index is 0.885. The Kier molecular flexibility index (Phi) is 4.98. The lowest BCUT2D eigenvalue weighted by Crippen LogP contribution is -2.24. The van der Waals surface area contributed by atoms with Crippen molar-refractivity contribution in [3.63, 3.8) is 0 Å². The normalized spacial score (nSPS) is 16.3. The van der Waals surface area contributed by atoms with Crippen LogP contribution in [0.1, 0.15) is 26.1 Å². The van der Waals surface area contributed by atoms with Gasteiger partial charge in [0.2, 0.25) is 0 Å². The lowest BCUT2D eigenvalue weighted by molar-refractivity contribution is 0.369. The molecule has 15 heavy (non-hydrogen) atoms. The molecule has 0 spiro atoms. The van der Waals surface area contributed by atoms with Gasteiger partial charge in [-0.1, -0.05) is 19.9 Å². The second kappa shape index (κ2) is 6.30. The van der Waals surface area contributed by atoms with Crippen LogP contribution in [0.25, 0.3) is 5.57 Å². The number of nitrogens with zero attached hydrogens (tertiary/aromatic N) is 3. The predicted molar refractivity (Wildman–Crippen MR) is 63.5 cm³/mol. The van der Waals surface area contributed by atoms with Gasteiger partial charge in [0.15, 0.2) is 5.82 Å². The summed E-state index contributed by atoms with van der Waals surface area (Å²) >= 11 is 0. The van der Waals surface area contributed by atoms with Crippen molar-refractivity contribution in [2.24, 2.45) is 0 Å². The Hall–Kier alpha value is -1.22. The maximum Gasteiger partial charge on any atom is 0.154 e. The molecule has 0 unspecified atom stereocenters. The van der Waals surface area contributed by atoms with E-state index in [0.717, 1.165) is 25.3 Å². The molecular weight excluding hydrogens is 186 g/mol. The molecule has 0 N–H and O–H groups in total. The van der Waals surface area contributed by atoms with Crippen molar-refractivity contribution in [1.29, 1.82) is 0 Å². The molecule has 82 valence electrons. The molecule has 3 heteroatoms. The minimum atomic E-state index is 0.885. The van der Waals surface area contributed by atoms with Crippen LogP contribution in [0, 0.1) is 0 Å². The summed E-state index contributed by atoms with van der Waals surface area (Å²) in [5, 5.41) is 0. The van der Waals surface area contributed by atoms with E-state index in [1.807, 2.05) is 19.9 Å². The summed E-state index contributed by atoms with van der Waals surface area (Å²) in [5.41, 5.74) is 1.28. The highest BCUT2D eigenvalue weighted by Gasteiger charge is 2.10. The second-order valence-electron chi connectivity index (χ2n) is 3.31. The molecule has 1 aliphatic rings. The summed E-state index contributed by atoms with van der Waals surface area (Å²) in [6.07, 6.45) is 6.85. The van der Waals surface area contributed by atoms with Crippen LogP contribution < -0.4 is 0 Å². The number of rotatable bonds is 1. The van der Waals surface area contributed by atoms with E-state index in [4.69, 9.17) is 0 Å². The van der Waals surface area contributed by atoms with Gasteiger partial charge in [-0.3, -0.25) is 0 Å². The molecule has 0 aliphatic carbocycles. The average Bonchev–Trinajstić information content (AvgIpc) is 2.34. The van der Waals surface area contributed by atoms with E-state index in [-0.39, 0.29) is 0 Å². The van der Waals surface area contributed by atoms with Crippen molar-refractivity contribution in [2.45, 2.75) is 20.3 Å². The van der Waals surface area contributed by atoms with Gasteiger partial charge in [0.05, 0.1) is 0 Å². The molecule has 0 amide bonds. The quantitative estimate of drug-likeness (QED) is 0.704. The van der Waals surface area contributed by atoms with Gasteiger partial charge in [-0.25, -0.2) is 9.97 Å². The molecular formula is C12H19N3. The van der Waals surface area contributed by atoms with E-state index < -0.39 is 0 Å². The standard InChI is InChI=1S/C10H13N3.C2H6/c1-13-7-3-9(4-8-13)10-11-5-2-6-12-10;1-2/h2-3,5-6H,4,7-8H2,1H3;1-2H3. The fourth-order valence-corrected chi connectivity index (χ4v) is 1.44. The zero-order valence-electron chi connectivity index (χ0n) is 9.77. The van der Waals surface area contributed by atoms with Crippen LogP contribution in [0.2, 0.25) is 0 Å². The number of hydrogen-bond donors (Lipinski definition) is 0. The van der Waals surface area contributed by atoms with Gasteiger partial charge in [-0.05, 0) is 25.1 Å². The molecule has 0 radical (unpaired) electrons. The van der Waals surface area contributed by atoms with E-state index in [9.17, 15) is 0 Å². The molecule has 0 bridgehead atoms. The summed E-state index contributed by atoms with van der Waals surface area (Å²) in [4.78, 5) is 10.7. The molecule has 1 aromatic rings. The van der Waals surface area contributed by atoms with Crippen LogP contribution in [0.4, 0.5) is 0 Å². The van der Waals surface area contributed by atoms with Gasteiger partial charge >= 0.3 is 0 Å². The smallest absolute Gasteiger partial charge is 0.154 e. The lowest BCUT2D eigenvalue weighted by Gasteiger charge is -2.20. The van der Waals surface area contributed by atoms with Crippen LogP contribution in [0.3, 0.4) is 0 Å². The van der Waals surface area contributed by atoms with E-state index in [1.165, 1.54) is 5.57 Å².